The van der Waals surface area contributed by atoms with Gasteiger partial charge < -0.3 is 19.0 Å². The molecule has 1 unspecified atom stereocenters. The molecule has 2 aromatic heterocycles. The predicted molar refractivity (Wildman–Crippen MR) is 116 cm³/mol. The number of fused-ring (bicyclic) bond motifs is 3. The Balaban J connectivity index is 1.27. The number of imidazole rings is 1. The summed E-state index contributed by atoms with van der Waals surface area (Å²) in [6.07, 6.45) is 8.58. The Kier molecular flexibility index (Phi) is 5.26. The maximum absolute atomic E-state index is 12.9. The smallest absolute Gasteiger partial charge is 0.339 e. The van der Waals surface area contributed by atoms with Crippen LogP contribution in [0.5, 0.6) is 5.75 Å². The minimum atomic E-state index is -0.609. The number of hydrogen-bond acceptors (Lipinski definition) is 5. The molecule has 1 saturated heterocycles. The van der Waals surface area contributed by atoms with E-state index < -0.39 is 6.10 Å². The highest BCUT2D eigenvalue weighted by molar-refractivity contribution is 5.84. The number of benzene rings is 1. The summed E-state index contributed by atoms with van der Waals surface area (Å²) in [5.41, 5.74) is 2.20. The lowest BCUT2D eigenvalue weighted by Gasteiger charge is -2.32. The van der Waals surface area contributed by atoms with Crippen LogP contribution in [0.1, 0.15) is 55.5 Å². The molecule has 1 atom stereocenters. The van der Waals surface area contributed by atoms with Crippen molar-refractivity contribution in [3.05, 3.63) is 58.0 Å². The number of nitrogens with one attached hydrogen (secondary N) is 1. The molecule has 7 heteroatoms. The van der Waals surface area contributed by atoms with Gasteiger partial charge in [-0.2, -0.15) is 0 Å². The van der Waals surface area contributed by atoms with Crippen molar-refractivity contribution in [3.63, 3.8) is 0 Å². The van der Waals surface area contributed by atoms with Crippen molar-refractivity contribution in [3.8, 4) is 5.75 Å². The number of aryl methyl sites for hydroxylation is 1. The number of nitrogens with zero attached hydrogens (tertiary/aromatic N) is 2. The fourth-order valence-corrected chi connectivity index (χ4v) is 4.88. The number of rotatable bonds is 4. The number of piperidine rings is 1. The van der Waals surface area contributed by atoms with Gasteiger partial charge in [0.25, 0.3) is 5.91 Å². The number of aromatic amines is 1. The zero-order valence-corrected chi connectivity index (χ0v) is 17.7. The Bertz CT molecular complexity index is 1140. The van der Waals surface area contributed by atoms with Crippen LogP contribution in [0.15, 0.2) is 39.8 Å². The van der Waals surface area contributed by atoms with Crippen molar-refractivity contribution in [2.45, 2.75) is 57.5 Å². The highest BCUT2D eigenvalue weighted by Gasteiger charge is 2.28. The van der Waals surface area contributed by atoms with Gasteiger partial charge in [0.15, 0.2) is 6.10 Å². The number of ether oxygens (including phenoxy) is 1. The number of H-pyrrole nitrogens is 1. The third-order valence-electron chi connectivity index (χ3n) is 6.57. The van der Waals surface area contributed by atoms with E-state index in [9.17, 15) is 9.59 Å². The average Bonchev–Trinajstić information content (AvgIpc) is 3.34. The molecular formula is C24H27N3O4. The number of aromatic nitrogens is 2. The summed E-state index contributed by atoms with van der Waals surface area (Å²) in [7, 11) is 0. The summed E-state index contributed by atoms with van der Waals surface area (Å²) in [6.45, 7) is 3.15. The summed E-state index contributed by atoms with van der Waals surface area (Å²) >= 11 is 0. The molecule has 7 nitrogen and oxygen atoms in total. The maximum Gasteiger partial charge on any atom is 0.339 e. The van der Waals surface area contributed by atoms with Crippen molar-refractivity contribution >= 4 is 16.9 Å². The minimum Gasteiger partial charge on any atom is -0.481 e. The number of hydrogen-bond donors (Lipinski definition) is 1. The predicted octanol–water partition coefficient (Wildman–Crippen LogP) is 3.57. The number of amides is 1. The second-order valence-electron chi connectivity index (χ2n) is 8.55. The van der Waals surface area contributed by atoms with Crippen molar-refractivity contribution in [1.29, 1.82) is 0 Å². The molecule has 1 aliphatic heterocycles. The molecule has 3 aromatic rings. The van der Waals surface area contributed by atoms with Crippen molar-refractivity contribution in [2.75, 3.05) is 13.1 Å². The van der Waals surface area contributed by atoms with Gasteiger partial charge in [0.1, 0.15) is 17.2 Å². The molecule has 31 heavy (non-hydrogen) atoms. The SMILES string of the molecule is CC(Oc1ccc2c3c(c(=O)oc2c1)CCCC3)C(=O)N1CCC(c2ncc[nH]2)CC1. The van der Waals surface area contributed by atoms with Crippen LogP contribution in [0.25, 0.3) is 11.0 Å². The van der Waals surface area contributed by atoms with E-state index in [1.165, 1.54) is 0 Å². The van der Waals surface area contributed by atoms with Gasteiger partial charge in [-0.25, -0.2) is 9.78 Å². The number of carbonyl (C=O) groups is 1. The number of carbonyl (C=O) groups excluding carboxylic acids is 1. The monoisotopic (exact) mass is 421 g/mol. The first-order valence-electron chi connectivity index (χ1n) is 11.1. The van der Waals surface area contributed by atoms with Crippen LogP contribution < -0.4 is 10.4 Å². The molecule has 1 fully saturated rings. The van der Waals surface area contributed by atoms with E-state index in [1.807, 2.05) is 23.2 Å². The Morgan fingerprint density at radius 1 is 1.23 bits per heavy atom. The van der Waals surface area contributed by atoms with E-state index in [0.29, 0.717) is 30.3 Å². The minimum absolute atomic E-state index is 0.0233. The Labute approximate surface area is 180 Å². The first kappa shape index (κ1) is 19.8. The van der Waals surface area contributed by atoms with Gasteiger partial charge in [0, 0.05) is 48.4 Å². The molecule has 1 aliphatic carbocycles. The van der Waals surface area contributed by atoms with Crippen LogP contribution in [0, 0.1) is 0 Å². The lowest BCUT2D eigenvalue weighted by Crippen LogP contribution is -2.44. The van der Waals surface area contributed by atoms with E-state index in [-0.39, 0.29) is 11.5 Å². The first-order chi connectivity index (χ1) is 15.1. The molecule has 1 aromatic carbocycles. The quantitative estimate of drug-likeness (QED) is 0.651. The second-order valence-corrected chi connectivity index (χ2v) is 8.55. The van der Waals surface area contributed by atoms with Crippen LogP contribution in [-0.4, -0.2) is 40.0 Å². The van der Waals surface area contributed by atoms with Gasteiger partial charge >= 0.3 is 5.63 Å². The van der Waals surface area contributed by atoms with Gasteiger partial charge in [-0.05, 0) is 63.1 Å². The summed E-state index contributed by atoms with van der Waals surface area (Å²) in [6, 6.07) is 5.55. The van der Waals surface area contributed by atoms with Crippen LogP contribution in [0.4, 0.5) is 0 Å². The van der Waals surface area contributed by atoms with E-state index in [0.717, 1.165) is 60.9 Å². The zero-order valence-electron chi connectivity index (χ0n) is 17.7. The van der Waals surface area contributed by atoms with Gasteiger partial charge in [-0.1, -0.05) is 0 Å². The number of likely N-dealkylation sites (tertiary alicyclic amines) is 1. The van der Waals surface area contributed by atoms with Crippen LogP contribution in [0.3, 0.4) is 0 Å². The van der Waals surface area contributed by atoms with Crippen LogP contribution in [-0.2, 0) is 17.6 Å². The van der Waals surface area contributed by atoms with E-state index in [1.54, 1.807) is 19.2 Å². The second kappa shape index (κ2) is 8.21. The van der Waals surface area contributed by atoms with E-state index >= 15 is 0 Å². The van der Waals surface area contributed by atoms with Crippen molar-refractivity contribution in [1.82, 2.24) is 14.9 Å². The van der Waals surface area contributed by atoms with Gasteiger partial charge in [0.05, 0.1) is 0 Å². The molecule has 0 radical (unpaired) electrons. The largest absolute Gasteiger partial charge is 0.481 e. The normalized spacial score (nSPS) is 18.0. The Morgan fingerprint density at radius 2 is 2.00 bits per heavy atom. The topological polar surface area (TPSA) is 88.4 Å². The molecule has 0 spiro atoms. The molecule has 0 saturated carbocycles. The first-order valence-corrected chi connectivity index (χ1v) is 11.1. The van der Waals surface area contributed by atoms with E-state index in [4.69, 9.17) is 9.15 Å². The average molecular weight is 421 g/mol. The lowest BCUT2D eigenvalue weighted by molar-refractivity contribution is -0.139. The van der Waals surface area contributed by atoms with Crippen LogP contribution in [0.2, 0.25) is 0 Å². The molecule has 2 aliphatic rings. The molecule has 162 valence electrons. The standard InChI is InChI=1S/C24H27N3O4/c1-15(23(28)27-12-8-16(9-13-27)22-25-10-11-26-22)30-17-6-7-19-18-4-2-3-5-20(18)24(29)31-21(19)14-17/h6-7,10-11,14-16H,2-5,8-9,12-13H2,1H3,(H,25,26). The lowest BCUT2D eigenvalue weighted by atomic mass is 9.91. The highest BCUT2D eigenvalue weighted by Crippen LogP contribution is 2.30. The van der Waals surface area contributed by atoms with Crippen molar-refractivity contribution < 1.29 is 13.9 Å². The van der Waals surface area contributed by atoms with Gasteiger partial charge in [0.2, 0.25) is 0 Å². The molecule has 5 rings (SSSR count). The fourth-order valence-electron chi connectivity index (χ4n) is 4.88. The Hall–Kier alpha value is -3.09. The maximum atomic E-state index is 12.9. The summed E-state index contributed by atoms with van der Waals surface area (Å²) in [5, 5.41) is 0.973. The van der Waals surface area contributed by atoms with E-state index in [2.05, 4.69) is 9.97 Å². The van der Waals surface area contributed by atoms with Crippen LogP contribution >= 0.6 is 0 Å². The molecule has 3 heterocycles. The summed E-state index contributed by atoms with van der Waals surface area (Å²) in [5.74, 6) is 1.88. The molecule has 0 bridgehead atoms. The third kappa shape index (κ3) is 3.84. The molecular weight excluding hydrogens is 394 g/mol. The highest BCUT2D eigenvalue weighted by atomic mass is 16.5. The van der Waals surface area contributed by atoms with Crippen molar-refractivity contribution in [2.24, 2.45) is 0 Å². The third-order valence-corrected chi connectivity index (χ3v) is 6.57. The molecule has 1 amide bonds. The molecule has 1 N–H and O–H groups in total. The summed E-state index contributed by atoms with van der Waals surface area (Å²) in [4.78, 5) is 34.7. The summed E-state index contributed by atoms with van der Waals surface area (Å²) < 4.78 is 11.5. The van der Waals surface area contributed by atoms with Gasteiger partial charge in [-0.3, -0.25) is 4.79 Å². The zero-order chi connectivity index (χ0) is 21.4. The van der Waals surface area contributed by atoms with Gasteiger partial charge in [-0.15, -0.1) is 0 Å². The fraction of sp³-hybridized carbons (Fsp3) is 0.458. The Morgan fingerprint density at radius 3 is 2.74 bits per heavy atom.